The molecule has 4 aliphatic rings. The van der Waals surface area contributed by atoms with E-state index in [1.54, 1.807) is 0 Å². The van der Waals surface area contributed by atoms with E-state index in [0.717, 1.165) is 23.6 Å². The third-order valence-electron chi connectivity index (χ3n) is 6.51. The van der Waals surface area contributed by atoms with Crippen molar-refractivity contribution in [2.75, 3.05) is 0 Å². The van der Waals surface area contributed by atoms with Crippen molar-refractivity contribution in [1.82, 2.24) is 10.5 Å². The molecule has 4 heteroatoms. The number of benzene rings is 1. The number of fused-ring (bicyclic) bond motifs is 2. The average molecular weight is 362 g/mol. The summed E-state index contributed by atoms with van der Waals surface area (Å²) in [6, 6.07) is 9.82. The zero-order valence-corrected chi connectivity index (χ0v) is 15.6. The Morgan fingerprint density at radius 2 is 1.89 bits per heavy atom. The molecule has 2 aliphatic heterocycles. The van der Waals surface area contributed by atoms with Crippen LogP contribution in [0, 0.1) is 0 Å². The maximum atomic E-state index is 6.33. The van der Waals surface area contributed by atoms with Crippen LogP contribution in [-0.4, -0.2) is 17.2 Å². The number of nitrogens with one attached hydrogen (secondary N) is 1. The van der Waals surface area contributed by atoms with Crippen molar-refractivity contribution >= 4 is 0 Å². The molecule has 1 aromatic carbocycles. The van der Waals surface area contributed by atoms with E-state index in [1.807, 2.05) is 0 Å². The van der Waals surface area contributed by atoms with Gasteiger partial charge in [0.2, 0.25) is 0 Å². The first kappa shape index (κ1) is 15.9. The second-order valence-electron chi connectivity index (χ2n) is 8.68. The van der Waals surface area contributed by atoms with Crippen LogP contribution in [0.1, 0.15) is 73.7 Å². The number of rotatable bonds is 6. The predicted octanol–water partition coefficient (Wildman–Crippen LogP) is 5.02. The Balaban J connectivity index is 1.32. The number of hydrogen-bond acceptors (Lipinski definition) is 4. The molecule has 1 aromatic heterocycles. The van der Waals surface area contributed by atoms with Crippen LogP contribution in [0.4, 0.5) is 0 Å². The van der Waals surface area contributed by atoms with Gasteiger partial charge in [0.1, 0.15) is 18.1 Å². The Morgan fingerprint density at radius 3 is 2.70 bits per heavy atom. The molecule has 3 heterocycles. The van der Waals surface area contributed by atoms with Crippen LogP contribution >= 0.6 is 0 Å². The highest BCUT2D eigenvalue weighted by Crippen LogP contribution is 2.48. The van der Waals surface area contributed by atoms with Crippen LogP contribution < -0.4 is 5.32 Å². The fourth-order valence-corrected chi connectivity index (χ4v) is 4.75. The standard InChI is InChI=1S/C23H26N2O2/c1-2-4-20(19(3-1)14-5-6-14)22-21(23(27-25-22)15-7-8-15)13-26-18-11-16-9-10-17(12-18)24-16/h1-4,11,14-17,24H,5-10,12-13H2/t16-,17?/m0/s1. The summed E-state index contributed by atoms with van der Waals surface area (Å²) in [5.74, 6) is 3.44. The second kappa shape index (κ2) is 6.23. The van der Waals surface area contributed by atoms with Gasteiger partial charge in [-0.3, -0.25) is 0 Å². The Labute approximate surface area is 160 Å². The van der Waals surface area contributed by atoms with Gasteiger partial charge in [-0.25, -0.2) is 0 Å². The molecule has 0 radical (unpaired) electrons. The van der Waals surface area contributed by atoms with Crippen LogP contribution in [0.15, 0.2) is 40.6 Å². The zero-order chi connectivity index (χ0) is 17.8. The molecule has 0 amide bonds. The summed E-state index contributed by atoms with van der Waals surface area (Å²) in [5, 5.41) is 8.17. The van der Waals surface area contributed by atoms with Crippen LogP contribution in [-0.2, 0) is 11.3 Å². The number of ether oxygens (including phenoxy) is 1. The molecular weight excluding hydrogens is 336 g/mol. The van der Waals surface area contributed by atoms with Crippen LogP contribution in [0.5, 0.6) is 0 Å². The molecule has 2 aromatic rings. The third-order valence-corrected chi connectivity index (χ3v) is 6.51. The summed E-state index contributed by atoms with van der Waals surface area (Å²) in [6.45, 7) is 0.578. The van der Waals surface area contributed by atoms with E-state index >= 15 is 0 Å². The molecule has 140 valence electrons. The van der Waals surface area contributed by atoms with E-state index in [2.05, 4.69) is 40.8 Å². The van der Waals surface area contributed by atoms with Crippen LogP contribution in [0.2, 0.25) is 0 Å². The first-order valence-electron chi connectivity index (χ1n) is 10.5. The topological polar surface area (TPSA) is 47.3 Å². The summed E-state index contributed by atoms with van der Waals surface area (Å²) in [4.78, 5) is 0. The summed E-state index contributed by atoms with van der Waals surface area (Å²) in [5.41, 5.74) is 4.86. The maximum absolute atomic E-state index is 6.33. The quantitative estimate of drug-likeness (QED) is 0.784. The highest BCUT2D eigenvalue weighted by molar-refractivity contribution is 5.69. The lowest BCUT2D eigenvalue weighted by Gasteiger charge is -2.21. The zero-order valence-electron chi connectivity index (χ0n) is 15.6. The van der Waals surface area contributed by atoms with Gasteiger partial charge in [-0.1, -0.05) is 29.4 Å². The lowest BCUT2D eigenvalue weighted by atomic mass is 9.97. The molecule has 6 rings (SSSR count). The highest BCUT2D eigenvalue weighted by atomic mass is 16.5. The van der Waals surface area contributed by atoms with Gasteiger partial charge < -0.3 is 14.6 Å². The van der Waals surface area contributed by atoms with E-state index < -0.39 is 0 Å². The normalized spacial score (nSPS) is 26.9. The highest BCUT2D eigenvalue weighted by Gasteiger charge is 2.35. The smallest absolute Gasteiger partial charge is 0.147 e. The minimum Gasteiger partial charge on any atom is -0.493 e. The summed E-state index contributed by atoms with van der Waals surface area (Å²) in [7, 11) is 0. The molecule has 3 fully saturated rings. The molecule has 1 N–H and O–H groups in total. The molecule has 2 bridgehead atoms. The number of hydrogen-bond donors (Lipinski definition) is 1. The Morgan fingerprint density at radius 1 is 1.04 bits per heavy atom. The monoisotopic (exact) mass is 362 g/mol. The van der Waals surface area contributed by atoms with Crippen molar-refractivity contribution in [3.05, 3.63) is 53.0 Å². The minimum atomic E-state index is 0.499. The van der Waals surface area contributed by atoms with Gasteiger partial charge in [0.25, 0.3) is 0 Å². The molecule has 0 spiro atoms. The van der Waals surface area contributed by atoms with E-state index in [-0.39, 0.29) is 0 Å². The number of aromatic nitrogens is 1. The van der Waals surface area contributed by atoms with Crippen molar-refractivity contribution in [2.24, 2.45) is 0 Å². The van der Waals surface area contributed by atoms with Crippen molar-refractivity contribution in [3.8, 4) is 11.3 Å². The molecule has 27 heavy (non-hydrogen) atoms. The molecule has 2 saturated carbocycles. The SMILES string of the molecule is C1=C(OCc2c(-c3ccccc3C3CC3)noc2C2CC2)CC2CC[C@@H]1N2. The average Bonchev–Trinajstić information content (AvgIpc) is 3.62. The largest absolute Gasteiger partial charge is 0.493 e. The van der Waals surface area contributed by atoms with Crippen LogP contribution in [0.3, 0.4) is 0 Å². The van der Waals surface area contributed by atoms with Gasteiger partial charge in [0, 0.05) is 30.0 Å². The van der Waals surface area contributed by atoms with E-state index in [1.165, 1.54) is 55.2 Å². The summed E-state index contributed by atoms with van der Waals surface area (Å²) in [6.07, 6.45) is 10.8. The molecule has 2 aliphatic carbocycles. The van der Waals surface area contributed by atoms with Gasteiger partial charge in [-0.15, -0.1) is 0 Å². The fraction of sp³-hybridized carbons (Fsp3) is 0.522. The fourth-order valence-electron chi connectivity index (χ4n) is 4.75. The van der Waals surface area contributed by atoms with Crippen molar-refractivity contribution < 1.29 is 9.26 Å². The van der Waals surface area contributed by atoms with Crippen LogP contribution in [0.25, 0.3) is 11.3 Å². The lowest BCUT2D eigenvalue weighted by molar-refractivity contribution is 0.175. The molecule has 1 saturated heterocycles. The maximum Gasteiger partial charge on any atom is 0.147 e. The molecule has 2 atom stereocenters. The molecule has 4 nitrogen and oxygen atoms in total. The van der Waals surface area contributed by atoms with Crippen molar-refractivity contribution in [2.45, 2.75) is 75.5 Å². The Kier molecular flexibility index (Phi) is 3.68. The Bertz CT molecular complexity index is 892. The van der Waals surface area contributed by atoms with Gasteiger partial charge in [-0.05, 0) is 56.1 Å². The van der Waals surface area contributed by atoms with Crippen molar-refractivity contribution in [3.63, 3.8) is 0 Å². The van der Waals surface area contributed by atoms with Gasteiger partial charge >= 0.3 is 0 Å². The van der Waals surface area contributed by atoms with E-state index in [4.69, 9.17) is 9.26 Å². The van der Waals surface area contributed by atoms with E-state index in [9.17, 15) is 0 Å². The summed E-state index contributed by atoms with van der Waals surface area (Å²) >= 11 is 0. The van der Waals surface area contributed by atoms with E-state index in [0.29, 0.717) is 30.5 Å². The molecular formula is C23H26N2O2. The lowest BCUT2D eigenvalue weighted by Crippen LogP contribution is -2.32. The third kappa shape index (κ3) is 3.00. The predicted molar refractivity (Wildman–Crippen MR) is 103 cm³/mol. The number of nitrogens with zero attached hydrogens (tertiary/aromatic N) is 1. The molecule has 1 unspecified atom stereocenters. The second-order valence-corrected chi connectivity index (χ2v) is 8.68. The first-order chi connectivity index (χ1) is 13.3. The van der Waals surface area contributed by atoms with Gasteiger partial charge in [-0.2, -0.15) is 0 Å². The minimum absolute atomic E-state index is 0.499. The van der Waals surface area contributed by atoms with Crippen molar-refractivity contribution in [1.29, 1.82) is 0 Å². The Hall–Kier alpha value is -2.07. The first-order valence-corrected chi connectivity index (χ1v) is 10.5. The van der Waals surface area contributed by atoms with Gasteiger partial charge in [0.05, 0.1) is 11.3 Å². The summed E-state index contributed by atoms with van der Waals surface area (Å²) < 4.78 is 12.2. The van der Waals surface area contributed by atoms with Gasteiger partial charge in [0.15, 0.2) is 0 Å².